The van der Waals surface area contributed by atoms with Crippen LogP contribution in [0.4, 0.5) is 5.69 Å². The molecule has 0 spiro atoms. The lowest BCUT2D eigenvalue weighted by Gasteiger charge is -2.25. The summed E-state index contributed by atoms with van der Waals surface area (Å²) >= 11 is 3.06. The molecular formula is C24H28BrN4O12P. The Morgan fingerprint density at radius 3 is 2.64 bits per heavy atom. The largest absolute Gasteiger partial charge is 0.560 e. The number of non-ortho nitro benzene ring substituents is 1. The van der Waals surface area contributed by atoms with E-state index in [-0.39, 0.29) is 24.3 Å². The molecule has 0 bridgehead atoms. The highest BCUT2D eigenvalue weighted by Gasteiger charge is 2.46. The van der Waals surface area contributed by atoms with Gasteiger partial charge in [-0.05, 0) is 41.6 Å². The van der Waals surface area contributed by atoms with Crippen molar-refractivity contribution in [1.29, 1.82) is 0 Å². The number of phosphoric acid groups is 1. The van der Waals surface area contributed by atoms with Crippen LogP contribution in [0.2, 0.25) is 0 Å². The van der Waals surface area contributed by atoms with Crippen molar-refractivity contribution in [2.24, 2.45) is 5.73 Å². The van der Waals surface area contributed by atoms with Crippen LogP contribution in [-0.2, 0) is 39.3 Å². The number of nitrogens with one attached hydrogen (secondary N) is 1. The first-order valence-electron chi connectivity index (χ1n) is 12.7. The van der Waals surface area contributed by atoms with Crippen molar-refractivity contribution in [1.82, 2.24) is 9.55 Å². The van der Waals surface area contributed by atoms with Gasteiger partial charge in [0.15, 0.2) is 0 Å². The van der Waals surface area contributed by atoms with Gasteiger partial charge in [-0.15, -0.1) is 4.67 Å². The number of ether oxygens (including phenoxy) is 1. The SMILES string of the molecule is NC1(C(=O)OP(=O)(OC[C@H]2O[C@@H](n3cc(/C=C/Br)c(=O)[nH]c3=O)C[C@@H]2O)OOCc2ccc([N+](=O)[O-])cc2)CCCC1. The molecule has 1 aliphatic carbocycles. The van der Waals surface area contributed by atoms with Gasteiger partial charge in [0.2, 0.25) is 0 Å². The first-order valence-corrected chi connectivity index (χ1v) is 15.1. The molecule has 0 radical (unpaired) electrons. The van der Waals surface area contributed by atoms with Crippen LogP contribution < -0.4 is 17.0 Å². The van der Waals surface area contributed by atoms with Crippen molar-refractivity contribution in [3.63, 3.8) is 0 Å². The van der Waals surface area contributed by atoms with Crippen molar-refractivity contribution in [2.45, 2.75) is 62.7 Å². The monoisotopic (exact) mass is 674 g/mol. The van der Waals surface area contributed by atoms with Crippen molar-refractivity contribution in [3.8, 4) is 0 Å². The number of aromatic amines is 1. The summed E-state index contributed by atoms with van der Waals surface area (Å²) in [6.07, 6.45) is 1.08. The van der Waals surface area contributed by atoms with Crippen LogP contribution in [0, 0.1) is 10.1 Å². The minimum absolute atomic E-state index is 0.0923. The molecular weight excluding hydrogens is 647 g/mol. The number of carbonyl (C=O) groups excluding carboxylic acids is 1. The Hall–Kier alpha value is -3.02. The molecule has 2 aromatic rings. The Labute approximate surface area is 246 Å². The number of nitrogens with two attached hydrogens (primary N) is 1. The molecule has 2 heterocycles. The molecule has 0 amide bonds. The van der Waals surface area contributed by atoms with E-state index in [9.17, 15) is 34.2 Å². The number of phosphoric ester groups is 1. The Balaban J connectivity index is 1.44. The molecule has 18 heteroatoms. The summed E-state index contributed by atoms with van der Waals surface area (Å²) < 4.78 is 35.6. The van der Waals surface area contributed by atoms with Gasteiger partial charge < -0.3 is 20.1 Å². The minimum Gasteiger partial charge on any atom is -0.390 e. The van der Waals surface area contributed by atoms with E-state index in [1.54, 1.807) is 0 Å². The summed E-state index contributed by atoms with van der Waals surface area (Å²) in [5.41, 5.74) is 3.70. The lowest BCUT2D eigenvalue weighted by molar-refractivity contribution is -0.384. The van der Waals surface area contributed by atoms with Gasteiger partial charge in [0, 0.05) is 24.8 Å². The molecule has 2 aliphatic rings. The number of aliphatic hydroxyl groups is 1. The molecule has 4 N–H and O–H groups in total. The second kappa shape index (κ2) is 13.5. The molecule has 1 unspecified atom stereocenters. The van der Waals surface area contributed by atoms with Gasteiger partial charge in [-0.25, -0.2) is 19.0 Å². The molecule has 1 aromatic heterocycles. The summed E-state index contributed by atoms with van der Waals surface area (Å²) in [5, 5.41) is 21.4. The van der Waals surface area contributed by atoms with Gasteiger partial charge in [-0.3, -0.25) is 29.0 Å². The second-order valence-electron chi connectivity index (χ2n) is 9.72. The minimum atomic E-state index is -4.82. The second-order valence-corrected chi connectivity index (χ2v) is 11.7. The number of H-pyrrole nitrogens is 1. The third-order valence-corrected chi connectivity index (χ3v) is 8.17. The Morgan fingerprint density at radius 2 is 2.00 bits per heavy atom. The standard InChI is InChI=1S/C24H28BrN4O12P/c25-10-7-16-12-28(23(33)27-21(16)31)20-11-18(30)19(39-20)14-38-42(36,40-22(32)24(26)8-1-2-9-24)41-37-13-15-3-5-17(6-4-15)29(34)35/h3-7,10,12,18-20,30H,1-2,8-9,11,13-14,26H2,(H,27,31,33)/b10-7+/t18-,19+,20+,42?/m0/s1. The molecule has 42 heavy (non-hydrogen) atoms. The van der Waals surface area contributed by atoms with Gasteiger partial charge in [0.25, 0.3) is 11.2 Å². The van der Waals surface area contributed by atoms with Crippen LogP contribution in [0.5, 0.6) is 0 Å². The average Bonchev–Trinajstić information content (AvgIpc) is 3.55. The number of aliphatic hydroxyl groups excluding tert-OH is 1. The molecule has 1 saturated heterocycles. The average molecular weight is 675 g/mol. The summed E-state index contributed by atoms with van der Waals surface area (Å²) in [5.74, 6) is -1.03. The summed E-state index contributed by atoms with van der Waals surface area (Å²) in [7, 11) is -4.82. The number of nitrogens with zero attached hydrogens (tertiary/aromatic N) is 2. The number of aromatic nitrogens is 2. The third-order valence-electron chi connectivity index (χ3n) is 6.76. The first kappa shape index (κ1) is 31.9. The number of hydrogen-bond donors (Lipinski definition) is 3. The Bertz CT molecular complexity index is 1490. The predicted octanol–water partition coefficient (Wildman–Crippen LogP) is 2.55. The van der Waals surface area contributed by atoms with Crippen molar-refractivity contribution >= 4 is 41.5 Å². The summed E-state index contributed by atoms with van der Waals surface area (Å²) in [4.78, 5) is 56.0. The Morgan fingerprint density at radius 1 is 1.31 bits per heavy atom. The number of hydrogen-bond acceptors (Lipinski definition) is 13. The molecule has 4 rings (SSSR count). The molecule has 1 saturated carbocycles. The van der Waals surface area contributed by atoms with Gasteiger partial charge in [0.1, 0.15) is 24.5 Å². The first-order chi connectivity index (χ1) is 19.9. The maximum atomic E-state index is 13.5. The number of halogens is 1. The normalized spacial score (nSPS) is 23.2. The predicted molar refractivity (Wildman–Crippen MR) is 148 cm³/mol. The fourth-order valence-electron chi connectivity index (χ4n) is 4.44. The van der Waals surface area contributed by atoms with Crippen LogP contribution in [0.1, 0.15) is 49.5 Å². The Kier molecular flexibility index (Phi) is 10.3. The number of nitro benzene ring substituents is 1. The van der Waals surface area contributed by atoms with Crippen LogP contribution in [0.3, 0.4) is 0 Å². The van der Waals surface area contributed by atoms with E-state index < -0.39 is 60.5 Å². The van der Waals surface area contributed by atoms with Gasteiger partial charge >= 0.3 is 19.5 Å². The van der Waals surface area contributed by atoms with Crippen molar-refractivity contribution < 1.29 is 42.7 Å². The van der Waals surface area contributed by atoms with Gasteiger partial charge in [-0.1, -0.05) is 28.8 Å². The molecule has 4 atom stereocenters. The number of benzene rings is 1. The van der Waals surface area contributed by atoms with E-state index in [1.807, 2.05) is 0 Å². The highest BCUT2D eigenvalue weighted by atomic mass is 79.9. The number of carbonyl (C=O) groups is 1. The van der Waals surface area contributed by atoms with Crippen LogP contribution in [-0.4, -0.2) is 49.9 Å². The van der Waals surface area contributed by atoms with E-state index >= 15 is 0 Å². The molecule has 2 fully saturated rings. The smallest absolute Gasteiger partial charge is 0.390 e. The molecule has 1 aromatic carbocycles. The quantitative estimate of drug-likeness (QED) is 0.127. The topological polar surface area (TPSA) is 225 Å². The van der Waals surface area contributed by atoms with Crippen molar-refractivity contribution in [3.05, 3.63) is 77.5 Å². The van der Waals surface area contributed by atoms with E-state index in [4.69, 9.17) is 29.1 Å². The fraction of sp³-hybridized carbons (Fsp3) is 0.458. The highest BCUT2D eigenvalue weighted by molar-refractivity contribution is 9.11. The van der Waals surface area contributed by atoms with Crippen LogP contribution in [0.25, 0.3) is 6.08 Å². The molecule has 16 nitrogen and oxygen atoms in total. The van der Waals surface area contributed by atoms with Gasteiger partial charge in [-0.2, -0.15) is 0 Å². The van der Waals surface area contributed by atoms with Crippen LogP contribution >= 0.6 is 23.8 Å². The van der Waals surface area contributed by atoms with E-state index in [0.717, 1.165) is 4.57 Å². The summed E-state index contributed by atoms with van der Waals surface area (Å²) in [6, 6.07) is 5.23. The summed E-state index contributed by atoms with van der Waals surface area (Å²) in [6.45, 7) is -0.964. The van der Waals surface area contributed by atoms with Crippen molar-refractivity contribution in [2.75, 3.05) is 6.61 Å². The maximum absolute atomic E-state index is 13.5. The maximum Gasteiger partial charge on any atom is 0.560 e. The molecule has 1 aliphatic heterocycles. The zero-order chi connectivity index (χ0) is 30.5. The number of nitro groups is 1. The number of rotatable bonds is 12. The van der Waals surface area contributed by atoms with E-state index in [1.165, 1.54) is 41.5 Å². The lowest BCUT2D eigenvalue weighted by Crippen LogP contribution is -2.46. The van der Waals surface area contributed by atoms with E-state index in [2.05, 4.69) is 20.9 Å². The molecule has 228 valence electrons. The fourth-order valence-corrected chi connectivity index (χ4v) is 5.75. The van der Waals surface area contributed by atoms with Crippen LogP contribution in [0.15, 0.2) is 45.0 Å². The highest BCUT2D eigenvalue weighted by Crippen LogP contribution is 2.52. The van der Waals surface area contributed by atoms with E-state index in [0.29, 0.717) is 31.2 Å². The zero-order valence-electron chi connectivity index (χ0n) is 22.0. The lowest BCUT2D eigenvalue weighted by atomic mass is 10.0. The van der Waals surface area contributed by atoms with Gasteiger partial charge in [0.05, 0.1) is 23.2 Å². The zero-order valence-corrected chi connectivity index (χ0v) is 24.4. The third kappa shape index (κ3) is 7.67.